The number of carbonyl (C=O) groups is 1. The van der Waals surface area contributed by atoms with Crippen molar-refractivity contribution in [2.75, 3.05) is 31.1 Å². The lowest BCUT2D eigenvalue weighted by Crippen LogP contribution is -2.43. The lowest BCUT2D eigenvalue weighted by Gasteiger charge is -2.26. The average molecular weight is 269 g/mol. The highest BCUT2D eigenvalue weighted by atomic mass is 32.1. The van der Waals surface area contributed by atoms with Crippen LogP contribution >= 0.6 is 11.3 Å². The minimum atomic E-state index is -0.476. The van der Waals surface area contributed by atoms with Gasteiger partial charge in [-0.25, -0.2) is 9.78 Å². The number of ether oxygens (including phenoxy) is 1. The monoisotopic (exact) mass is 269 g/mol. The van der Waals surface area contributed by atoms with Crippen LogP contribution < -0.4 is 10.2 Å². The van der Waals surface area contributed by atoms with Gasteiger partial charge in [-0.3, -0.25) is 0 Å². The first-order chi connectivity index (χ1) is 8.46. The number of nitrogens with one attached hydrogen (secondary N) is 1. The first kappa shape index (κ1) is 13.3. The number of hydrogen-bond donors (Lipinski definition) is 1. The Bertz CT molecular complexity index is 419. The number of nitrogens with zero attached hydrogens (tertiary/aromatic N) is 2. The fourth-order valence-electron chi connectivity index (χ4n) is 1.69. The molecule has 0 aliphatic carbocycles. The minimum Gasteiger partial charge on any atom is -0.455 e. The van der Waals surface area contributed by atoms with E-state index in [1.54, 1.807) is 5.38 Å². The second-order valence-corrected chi connectivity index (χ2v) is 6.09. The van der Waals surface area contributed by atoms with Gasteiger partial charge in [0.05, 0.1) is 0 Å². The highest BCUT2D eigenvalue weighted by molar-refractivity contribution is 7.13. The third kappa shape index (κ3) is 3.43. The number of aromatic nitrogens is 1. The summed E-state index contributed by atoms with van der Waals surface area (Å²) in [6.45, 7) is 9.35. The molecule has 0 spiro atoms. The second kappa shape index (κ2) is 5.24. The van der Waals surface area contributed by atoms with Gasteiger partial charge in [0.1, 0.15) is 5.60 Å². The summed E-state index contributed by atoms with van der Waals surface area (Å²) in [5, 5.41) is 5.96. The topological polar surface area (TPSA) is 54.5 Å². The van der Waals surface area contributed by atoms with Crippen molar-refractivity contribution in [1.29, 1.82) is 0 Å². The van der Waals surface area contributed by atoms with Gasteiger partial charge in [-0.15, -0.1) is 11.3 Å². The minimum absolute atomic E-state index is 0.347. The Morgan fingerprint density at radius 1 is 1.44 bits per heavy atom. The Morgan fingerprint density at radius 3 is 2.72 bits per heavy atom. The molecule has 6 heteroatoms. The summed E-state index contributed by atoms with van der Waals surface area (Å²) in [4.78, 5) is 18.4. The maximum atomic E-state index is 11.8. The lowest BCUT2D eigenvalue weighted by molar-refractivity contribution is 0.00638. The van der Waals surface area contributed by atoms with Crippen LogP contribution in [-0.2, 0) is 4.74 Å². The van der Waals surface area contributed by atoms with Crippen LogP contribution in [0, 0.1) is 0 Å². The van der Waals surface area contributed by atoms with E-state index in [4.69, 9.17) is 4.74 Å². The van der Waals surface area contributed by atoms with Crippen LogP contribution in [0.5, 0.6) is 0 Å². The molecule has 0 unspecified atom stereocenters. The molecule has 0 saturated carbocycles. The summed E-state index contributed by atoms with van der Waals surface area (Å²) in [7, 11) is 0. The molecule has 1 aliphatic rings. The summed E-state index contributed by atoms with van der Waals surface area (Å²) in [5.74, 6) is -0.347. The van der Waals surface area contributed by atoms with Gasteiger partial charge in [-0.05, 0) is 20.8 Å². The third-order valence-corrected chi connectivity index (χ3v) is 3.39. The molecule has 1 N–H and O–H groups in total. The van der Waals surface area contributed by atoms with Gasteiger partial charge < -0.3 is 15.0 Å². The maximum Gasteiger partial charge on any atom is 0.358 e. The maximum absolute atomic E-state index is 11.8. The van der Waals surface area contributed by atoms with E-state index in [0.717, 1.165) is 31.3 Å². The van der Waals surface area contributed by atoms with Crippen LogP contribution in [-0.4, -0.2) is 42.7 Å². The molecular weight excluding hydrogens is 250 g/mol. The zero-order valence-corrected chi connectivity index (χ0v) is 11.8. The Hall–Kier alpha value is -1.14. The number of thiazole rings is 1. The Morgan fingerprint density at radius 2 is 2.11 bits per heavy atom. The molecule has 1 saturated heterocycles. The number of carbonyl (C=O) groups excluding carboxylic acids is 1. The molecule has 5 nitrogen and oxygen atoms in total. The number of rotatable bonds is 2. The van der Waals surface area contributed by atoms with E-state index in [-0.39, 0.29) is 5.97 Å². The van der Waals surface area contributed by atoms with Crippen molar-refractivity contribution in [3.63, 3.8) is 0 Å². The van der Waals surface area contributed by atoms with Crippen LogP contribution in [0.3, 0.4) is 0 Å². The van der Waals surface area contributed by atoms with Gasteiger partial charge in [0.25, 0.3) is 0 Å². The first-order valence-electron chi connectivity index (χ1n) is 6.10. The van der Waals surface area contributed by atoms with Gasteiger partial charge >= 0.3 is 5.97 Å². The first-order valence-corrected chi connectivity index (χ1v) is 6.98. The molecule has 1 fully saturated rings. The fourth-order valence-corrected chi connectivity index (χ4v) is 2.54. The number of piperazine rings is 1. The van der Waals surface area contributed by atoms with E-state index in [9.17, 15) is 4.79 Å². The summed E-state index contributed by atoms with van der Waals surface area (Å²) in [6, 6.07) is 0. The van der Waals surface area contributed by atoms with Gasteiger partial charge in [0.2, 0.25) is 0 Å². The van der Waals surface area contributed by atoms with Crippen molar-refractivity contribution in [1.82, 2.24) is 10.3 Å². The molecule has 18 heavy (non-hydrogen) atoms. The van der Waals surface area contributed by atoms with E-state index in [2.05, 4.69) is 15.2 Å². The largest absolute Gasteiger partial charge is 0.455 e. The van der Waals surface area contributed by atoms with Crippen molar-refractivity contribution in [3.05, 3.63) is 11.1 Å². The molecule has 0 bridgehead atoms. The summed E-state index contributed by atoms with van der Waals surface area (Å²) in [6.07, 6.45) is 0. The van der Waals surface area contributed by atoms with E-state index in [1.807, 2.05) is 20.8 Å². The predicted octanol–water partition coefficient (Wildman–Crippen LogP) is 1.51. The van der Waals surface area contributed by atoms with Crippen LogP contribution in [0.15, 0.2) is 5.38 Å². The molecule has 2 heterocycles. The van der Waals surface area contributed by atoms with E-state index in [0.29, 0.717) is 5.69 Å². The standard InChI is InChI=1S/C12H19N3O2S/c1-12(2,3)17-10(16)9-8-18-11(14-9)15-6-4-13-5-7-15/h8,13H,4-7H2,1-3H3. The van der Waals surface area contributed by atoms with Crippen LogP contribution in [0.2, 0.25) is 0 Å². The van der Waals surface area contributed by atoms with E-state index >= 15 is 0 Å². The summed E-state index contributed by atoms with van der Waals surface area (Å²) < 4.78 is 5.30. The van der Waals surface area contributed by atoms with E-state index in [1.165, 1.54) is 11.3 Å². The molecule has 0 amide bonds. The zero-order chi connectivity index (χ0) is 13.2. The van der Waals surface area contributed by atoms with Crippen molar-refractivity contribution < 1.29 is 9.53 Å². The highest BCUT2D eigenvalue weighted by Crippen LogP contribution is 2.22. The predicted molar refractivity (Wildman–Crippen MR) is 72.4 cm³/mol. The second-order valence-electron chi connectivity index (χ2n) is 5.25. The number of anilines is 1. The molecule has 1 aromatic rings. The number of hydrogen-bond acceptors (Lipinski definition) is 6. The Kier molecular flexibility index (Phi) is 3.87. The van der Waals surface area contributed by atoms with Crippen molar-refractivity contribution in [2.24, 2.45) is 0 Å². The van der Waals surface area contributed by atoms with Gasteiger partial charge in [-0.2, -0.15) is 0 Å². The summed E-state index contributed by atoms with van der Waals surface area (Å²) in [5.41, 5.74) is -0.0703. The molecule has 0 radical (unpaired) electrons. The highest BCUT2D eigenvalue weighted by Gasteiger charge is 2.22. The van der Waals surface area contributed by atoms with Crippen LogP contribution in [0.25, 0.3) is 0 Å². The van der Waals surface area contributed by atoms with Crippen molar-refractivity contribution in [3.8, 4) is 0 Å². The van der Waals surface area contributed by atoms with Crippen molar-refractivity contribution >= 4 is 22.4 Å². The smallest absolute Gasteiger partial charge is 0.358 e. The van der Waals surface area contributed by atoms with Crippen molar-refractivity contribution in [2.45, 2.75) is 26.4 Å². The Balaban J connectivity index is 2.03. The summed E-state index contributed by atoms with van der Waals surface area (Å²) >= 11 is 1.50. The molecule has 0 aromatic carbocycles. The molecular formula is C12H19N3O2S. The molecule has 0 atom stereocenters. The molecule has 1 aliphatic heterocycles. The quantitative estimate of drug-likeness (QED) is 0.825. The molecule has 1 aromatic heterocycles. The normalized spacial score (nSPS) is 16.7. The zero-order valence-electron chi connectivity index (χ0n) is 11.0. The van der Waals surface area contributed by atoms with Crippen LogP contribution in [0.1, 0.15) is 31.3 Å². The van der Waals surface area contributed by atoms with Gasteiger partial charge in [0.15, 0.2) is 10.8 Å². The SMILES string of the molecule is CC(C)(C)OC(=O)c1csc(N2CCNCC2)n1. The number of esters is 1. The molecule has 2 rings (SSSR count). The van der Waals surface area contributed by atoms with Crippen LogP contribution in [0.4, 0.5) is 5.13 Å². The lowest BCUT2D eigenvalue weighted by atomic mass is 10.2. The van der Waals surface area contributed by atoms with E-state index < -0.39 is 5.60 Å². The fraction of sp³-hybridized carbons (Fsp3) is 0.667. The van der Waals surface area contributed by atoms with Gasteiger partial charge in [-0.1, -0.05) is 0 Å². The molecule has 100 valence electrons. The third-order valence-electron chi connectivity index (χ3n) is 2.49. The average Bonchev–Trinajstić information content (AvgIpc) is 2.77. The Labute approximate surface area is 111 Å². The van der Waals surface area contributed by atoms with Gasteiger partial charge in [0, 0.05) is 31.6 Å².